The van der Waals surface area contributed by atoms with E-state index in [0.717, 1.165) is 10.4 Å². The van der Waals surface area contributed by atoms with Gasteiger partial charge in [0.15, 0.2) is 0 Å². The van der Waals surface area contributed by atoms with Gasteiger partial charge >= 0.3 is 0 Å². The predicted octanol–water partition coefficient (Wildman–Crippen LogP) is 2.25. The van der Waals surface area contributed by atoms with Crippen molar-refractivity contribution < 1.29 is 9.59 Å². The molecule has 0 radical (unpaired) electrons. The molecule has 3 rings (SSSR count). The van der Waals surface area contributed by atoms with Crippen LogP contribution in [0, 0.1) is 5.92 Å². The summed E-state index contributed by atoms with van der Waals surface area (Å²) in [5.41, 5.74) is 0.977. The van der Waals surface area contributed by atoms with Gasteiger partial charge in [0, 0.05) is 24.5 Å². The van der Waals surface area contributed by atoms with Crippen LogP contribution in [0.25, 0.3) is 0 Å². The Hall–Kier alpha value is -1.66. The monoisotopic (exact) mass is 323 g/mol. The van der Waals surface area contributed by atoms with Crippen LogP contribution in [0.3, 0.4) is 0 Å². The Kier molecular flexibility index (Phi) is 3.82. The van der Waals surface area contributed by atoms with Gasteiger partial charge in [0.25, 0.3) is 0 Å². The first-order valence-electron chi connectivity index (χ1n) is 6.59. The van der Waals surface area contributed by atoms with E-state index in [1.54, 1.807) is 16.9 Å². The van der Waals surface area contributed by atoms with Gasteiger partial charge in [0.1, 0.15) is 0 Å². The average Bonchev–Trinajstić information content (AvgIpc) is 3.08. The molecule has 1 aliphatic rings. The van der Waals surface area contributed by atoms with Crippen molar-refractivity contribution in [3.8, 4) is 0 Å². The minimum Gasteiger partial charge on any atom is -0.277 e. The lowest BCUT2D eigenvalue weighted by atomic mass is 10.0. The molecule has 2 aromatic heterocycles. The number of rotatable bonds is 4. The first kappa shape index (κ1) is 14.3. The van der Waals surface area contributed by atoms with E-state index >= 15 is 0 Å². The highest BCUT2D eigenvalue weighted by Crippen LogP contribution is 2.28. The Morgan fingerprint density at radius 1 is 1.43 bits per heavy atom. The van der Waals surface area contributed by atoms with Crippen molar-refractivity contribution in [1.82, 2.24) is 14.7 Å². The Morgan fingerprint density at radius 3 is 2.86 bits per heavy atom. The molecule has 110 valence electrons. The van der Waals surface area contributed by atoms with Crippen LogP contribution in [-0.2, 0) is 29.6 Å². The number of thiophene rings is 1. The van der Waals surface area contributed by atoms with E-state index in [2.05, 4.69) is 5.10 Å². The van der Waals surface area contributed by atoms with Gasteiger partial charge in [-0.2, -0.15) is 5.10 Å². The molecule has 0 unspecified atom stereocenters. The van der Waals surface area contributed by atoms with Gasteiger partial charge in [-0.1, -0.05) is 11.6 Å². The molecule has 5 nitrogen and oxygen atoms in total. The quantitative estimate of drug-likeness (QED) is 0.811. The van der Waals surface area contributed by atoms with E-state index < -0.39 is 0 Å². The zero-order chi connectivity index (χ0) is 15.0. The fraction of sp³-hybridized carbons (Fsp3) is 0.357. The molecule has 0 saturated carbocycles. The van der Waals surface area contributed by atoms with Gasteiger partial charge in [-0.15, -0.1) is 11.3 Å². The van der Waals surface area contributed by atoms with Gasteiger partial charge < -0.3 is 0 Å². The molecular weight excluding hydrogens is 310 g/mol. The number of likely N-dealkylation sites (tertiary alicyclic amines) is 1. The molecule has 1 saturated heterocycles. The summed E-state index contributed by atoms with van der Waals surface area (Å²) in [6, 6.07) is 3.63. The number of carbonyl (C=O) groups is 2. The second-order valence-corrected chi connectivity index (χ2v) is 6.95. The second-order valence-electron chi connectivity index (χ2n) is 5.15. The maximum atomic E-state index is 12.4. The lowest BCUT2D eigenvalue weighted by molar-refractivity contribution is -0.140. The highest BCUT2D eigenvalue weighted by atomic mass is 35.5. The summed E-state index contributed by atoms with van der Waals surface area (Å²) in [5.74, 6) is -0.496. The van der Waals surface area contributed by atoms with E-state index in [0.29, 0.717) is 17.3 Å². The number of carbonyl (C=O) groups excluding carboxylic acids is 2. The zero-order valence-electron chi connectivity index (χ0n) is 11.5. The second kappa shape index (κ2) is 5.61. The van der Waals surface area contributed by atoms with Gasteiger partial charge in [0.05, 0.1) is 23.0 Å². The molecule has 2 aromatic rings. The van der Waals surface area contributed by atoms with Crippen molar-refractivity contribution in [2.24, 2.45) is 13.0 Å². The predicted molar refractivity (Wildman–Crippen MR) is 79.9 cm³/mol. The Balaban J connectivity index is 1.69. The van der Waals surface area contributed by atoms with Crippen LogP contribution < -0.4 is 0 Å². The molecule has 0 spiro atoms. The fourth-order valence-corrected chi connectivity index (χ4v) is 3.61. The molecule has 0 bridgehead atoms. The average molecular weight is 324 g/mol. The SMILES string of the molecule is Cn1cc(C[C@H]2CC(=O)N(Cc3ccc(Cl)s3)C2=O)cn1. The van der Waals surface area contributed by atoms with Crippen LogP contribution >= 0.6 is 22.9 Å². The maximum Gasteiger partial charge on any atom is 0.233 e. The molecule has 0 N–H and O–H groups in total. The lowest BCUT2D eigenvalue weighted by Crippen LogP contribution is -2.30. The smallest absolute Gasteiger partial charge is 0.233 e. The van der Waals surface area contributed by atoms with E-state index in [9.17, 15) is 9.59 Å². The van der Waals surface area contributed by atoms with Crippen LogP contribution in [0.4, 0.5) is 0 Å². The van der Waals surface area contributed by atoms with Crippen LogP contribution in [0.5, 0.6) is 0 Å². The number of hydrogen-bond acceptors (Lipinski definition) is 4. The van der Waals surface area contributed by atoms with Crippen molar-refractivity contribution in [2.75, 3.05) is 0 Å². The molecule has 3 heterocycles. The van der Waals surface area contributed by atoms with Crippen molar-refractivity contribution in [3.63, 3.8) is 0 Å². The minimum atomic E-state index is -0.280. The lowest BCUT2D eigenvalue weighted by Gasteiger charge is -2.13. The molecule has 0 aromatic carbocycles. The highest BCUT2D eigenvalue weighted by molar-refractivity contribution is 7.16. The topological polar surface area (TPSA) is 55.2 Å². The third kappa shape index (κ3) is 3.01. The van der Waals surface area contributed by atoms with Crippen molar-refractivity contribution in [2.45, 2.75) is 19.4 Å². The zero-order valence-corrected chi connectivity index (χ0v) is 13.0. The molecule has 2 amide bonds. The van der Waals surface area contributed by atoms with Gasteiger partial charge in [-0.3, -0.25) is 19.2 Å². The number of amides is 2. The van der Waals surface area contributed by atoms with Gasteiger partial charge in [-0.25, -0.2) is 0 Å². The molecule has 21 heavy (non-hydrogen) atoms. The normalized spacial score (nSPS) is 18.8. The van der Waals surface area contributed by atoms with Crippen LogP contribution in [-0.4, -0.2) is 26.5 Å². The first-order chi connectivity index (χ1) is 10.0. The summed E-state index contributed by atoms with van der Waals surface area (Å²) in [5, 5.41) is 4.09. The van der Waals surface area contributed by atoms with Gasteiger partial charge in [-0.05, 0) is 24.1 Å². The number of aromatic nitrogens is 2. The van der Waals surface area contributed by atoms with Crippen molar-refractivity contribution in [1.29, 1.82) is 0 Å². The molecule has 1 aliphatic heterocycles. The van der Waals surface area contributed by atoms with E-state index in [-0.39, 0.29) is 24.2 Å². The van der Waals surface area contributed by atoms with Crippen LogP contribution in [0.1, 0.15) is 16.9 Å². The third-order valence-electron chi connectivity index (χ3n) is 3.52. The minimum absolute atomic E-state index is 0.103. The Bertz CT molecular complexity index is 694. The van der Waals surface area contributed by atoms with E-state index in [4.69, 9.17) is 11.6 Å². The summed E-state index contributed by atoms with van der Waals surface area (Å²) in [6.07, 6.45) is 4.44. The summed E-state index contributed by atoms with van der Waals surface area (Å²) in [4.78, 5) is 26.7. The number of nitrogens with zero attached hydrogens (tertiary/aromatic N) is 3. The van der Waals surface area contributed by atoms with Gasteiger partial charge in [0.2, 0.25) is 11.8 Å². The number of halogens is 1. The number of hydrogen-bond donors (Lipinski definition) is 0. The largest absolute Gasteiger partial charge is 0.277 e. The fourth-order valence-electron chi connectivity index (χ4n) is 2.53. The third-order valence-corrected chi connectivity index (χ3v) is 4.74. The maximum absolute atomic E-state index is 12.4. The van der Waals surface area contributed by atoms with E-state index in [1.807, 2.05) is 19.3 Å². The molecule has 7 heteroatoms. The van der Waals surface area contributed by atoms with Crippen LogP contribution in [0.15, 0.2) is 24.5 Å². The Morgan fingerprint density at radius 2 is 2.24 bits per heavy atom. The standard InChI is InChI=1S/C14H14ClN3O2S/c1-17-7-9(6-16-17)4-10-5-13(19)18(14(10)20)8-11-2-3-12(15)21-11/h2-3,6-7,10H,4-5,8H2,1H3/t10-/m0/s1. The number of imide groups is 1. The summed E-state index contributed by atoms with van der Waals surface area (Å²) >= 11 is 7.27. The van der Waals surface area contributed by atoms with E-state index in [1.165, 1.54) is 16.2 Å². The highest BCUT2D eigenvalue weighted by Gasteiger charge is 2.38. The summed E-state index contributed by atoms with van der Waals surface area (Å²) in [6.45, 7) is 0.318. The summed E-state index contributed by atoms with van der Waals surface area (Å²) < 4.78 is 2.36. The number of aryl methyl sites for hydroxylation is 1. The van der Waals surface area contributed by atoms with Crippen LogP contribution in [0.2, 0.25) is 4.34 Å². The van der Waals surface area contributed by atoms with Crippen molar-refractivity contribution in [3.05, 3.63) is 39.3 Å². The molecule has 0 aliphatic carbocycles. The van der Waals surface area contributed by atoms with Crippen molar-refractivity contribution >= 4 is 34.8 Å². The molecule has 1 atom stereocenters. The first-order valence-corrected chi connectivity index (χ1v) is 7.78. The Labute approximate surface area is 131 Å². The molecular formula is C14H14ClN3O2S. The summed E-state index contributed by atoms with van der Waals surface area (Å²) in [7, 11) is 1.83. The molecule has 1 fully saturated rings.